The summed E-state index contributed by atoms with van der Waals surface area (Å²) in [7, 11) is 0. The second-order valence-electron chi connectivity index (χ2n) is 10.6. The number of fused-ring (bicyclic) bond motifs is 3. The summed E-state index contributed by atoms with van der Waals surface area (Å²) < 4.78 is 0. The van der Waals surface area contributed by atoms with E-state index < -0.39 is 0 Å². The third-order valence-electron chi connectivity index (χ3n) is 8.42. The van der Waals surface area contributed by atoms with Crippen LogP contribution in [0.4, 0.5) is 22.7 Å². The van der Waals surface area contributed by atoms with Gasteiger partial charge in [0.2, 0.25) is 0 Å². The highest BCUT2D eigenvalue weighted by molar-refractivity contribution is 5.79. The smallest absolute Gasteiger partial charge is 0.0836 e. The zero-order chi connectivity index (χ0) is 25.3. The van der Waals surface area contributed by atoms with Gasteiger partial charge in [0, 0.05) is 54.3 Å². The second kappa shape index (κ2) is 10.3. The summed E-state index contributed by atoms with van der Waals surface area (Å²) >= 11 is 0. The molecule has 0 aliphatic carbocycles. The zero-order valence-corrected chi connectivity index (χ0v) is 21.6. The average molecular weight is 502 g/mol. The van der Waals surface area contributed by atoms with Gasteiger partial charge in [-0.1, -0.05) is 66.7 Å². The van der Waals surface area contributed by atoms with Crippen molar-refractivity contribution in [2.75, 3.05) is 36.0 Å². The maximum absolute atomic E-state index is 3.78. The third-order valence-corrected chi connectivity index (χ3v) is 8.42. The molecule has 38 heavy (non-hydrogen) atoms. The van der Waals surface area contributed by atoms with E-state index in [4.69, 9.17) is 0 Å². The molecule has 0 saturated carbocycles. The summed E-state index contributed by atoms with van der Waals surface area (Å²) in [6.07, 6.45) is 1.39. The molecule has 0 aromatic heterocycles. The van der Waals surface area contributed by atoms with Crippen LogP contribution in [0.25, 0.3) is 0 Å². The maximum Gasteiger partial charge on any atom is 0.0836 e. The van der Waals surface area contributed by atoms with Crippen molar-refractivity contribution in [3.8, 4) is 0 Å². The van der Waals surface area contributed by atoms with E-state index in [-0.39, 0.29) is 6.17 Å². The second-order valence-corrected chi connectivity index (χ2v) is 10.6. The molecule has 2 saturated heterocycles. The number of hydrogen-bond donors (Lipinski definition) is 3. The Morgan fingerprint density at radius 2 is 1.29 bits per heavy atom. The summed E-state index contributed by atoms with van der Waals surface area (Å²) in [5.41, 5.74) is 7.76. The highest BCUT2D eigenvalue weighted by Crippen LogP contribution is 2.47. The Bertz CT molecular complexity index is 1310. The number of nitrogens with zero attached hydrogens (tertiary/aromatic N) is 2. The predicted octanol–water partition coefficient (Wildman–Crippen LogP) is 5.68. The number of piperidine rings is 1. The minimum atomic E-state index is 0.214. The quantitative estimate of drug-likeness (QED) is 0.328. The molecule has 3 heterocycles. The van der Waals surface area contributed by atoms with Crippen LogP contribution in [0.1, 0.15) is 29.6 Å². The maximum atomic E-state index is 3.78. The van der Waals surface area contributed by atoms with Gasteiger partial charge in [-0.15, -0.1) is 0 Å². The summed E-state index contributed by atoms with van der Waals surface area (Å²) in [4.78, 5) is 5.11. The van der Waals surface area contributed by atoms with Crippen molar-refractivity contribution in [3.63, 3.8) is 0 Å². The van der Waals surface area contributed by atoms with E-state index in [1.807, 2.05) is 0 Å². The fourth-order valence-electron chi connectivity index (χ4n) is 6.69. The van der Waals surface area contributed by atoms with Crippen LogP contribution in [-0.4, -0.2) is 38.3 Å². The first-order chi connectivity index (χ1) is 18.9. The minimum Gasteiger partial charge on any atom is -0.362 e. The van der Waals surface area contributed by atoms with Crippen LogP contribution in [0.2, 0.25) is 0 Å². The summed E-state index contributed by atoms with van der Waals surface area (Å²) in [6, 6.07) is 40.2. The molecule has 192 valence electrons. The molecule has 5 heteroatoms. The minimum absolute atomic E-state index is 0.214. The molecule has 0 amide bonds. The Kier molecular flexibility index (Phi) is 6.34. The van der Waals surface area contributed by atoms with Gasteiger partial charge in [-0.2, -0.15) is 0 Å². The van der Waals surface area contributed by atoms with Gasteiger partial charge in [-0.3, -0.25) is 10.6 Å². The van der Waals surface area contributed by atoms with Crippen molar-refractivity contribution in [3.05, 3.63) is 120 Å². The van der Waals surface area contributed by atoms with Gasteiger partial charge in [-0.05, 0) is 66.6 Å². The van der Waals surface area contributed by atoms with Crippen molar-refractivity contribution in [2.45, 2.75) is 30.6 Å². The largest absolute Gasteiger partial charge is 0.362 e. The van der Waals surface area contributed by atoms with Gasteiger partial charge >= 0.3 is 0 Å². The summed E-state index contributed by atoms with van der Waals surface area (Å²) in [6.45, 7) is 4.07. The van der Waals surface area contributed by atoms with Crippen molar-refractivity contribution in [2.24, 2.45) is 0 Å². The van der Waals surface area contributed by atoms with Crippen LogP contribution in [0.3, 0.4) is 0 Å². The third kappa shape index (κ3) is 4.27. The fraction of sp³-hybridized carbons (Fsp3) is 0.273. The molecule has 2 atom stereocenters. The lowest BCUT2D eigenvalue weighted by molar-refractivity contribution is 0.307. The first-order valence-electron chi connectivity index (χ1n) is 13.9. The molecule has 3 aliphatic heterocycles. The lowest BCUT2D eigenvalue weighted by Crippen LogP contribution is -2.59. The monoisotopic (exact) mass is 501 g/mol. The SMILES string of the molecule is c1ccc(C2NCC(N3c4ccc(N(c5ccccc5)c5ccccc5)cc4C4CNCCC43)CN2)cc1. The van der Waals surface area contributed by atoms with Crippen LogP contribution in [0.5, 0.6) is 0 Å². The van der Waals surface area contributed by atoms with E-state index in [1.54, 1.807) is 0 Å². The van der Waals surface area contributed by atoms with Gasteiger partial charge in [0.15, 0.2) is 0 Å². The van der Waals surface area contributed by atoms with Gasteiger partial charge in [0.25, 0.3) is 0 Å². The van der Waals surface area contributed by atoms with E-state index in [0.717, 1.165) is 26.2 Å². The number of benzene rings is 4. The molecular weight excluding hydrogens is 466 g/mol. The molecular formula is C33H35N5. The van der Waals surface area contributed by atoms with Crippen LogP contribution in [0.15, 0.2) is 109 Å². The molecule has 0 spiro atoms. The van der Waals surface area contributed by atoms with E-state index in [9.17, 15) is 0 Å². The van der Waals surface area contributed by atoms with E-state index in [2.05, 4.69) is 135 Å². The highest BCUT2D eigenvalue weighted by atomic mass is 15.3. The number of hydrogen-bond acceptors (Lipinski definition) is 5. The van der Waals surface area contributed by atoms with Gasteiger partial charge in [-0.25, -0.2) is 0 Å². The molecule has 2 unspecified atom stereocenters. The Balaban J connectivity index is 1.22. The Morgan fingerprint density at radius 3 is 1.95 bits per heavy atom. The predicted molar refractivity (Wildman–Crippen MR) is 157 cm³/mol. The van der Waals surface area contributed by atoms with Crippen LogP contribution in [-0.2, 0) is 0 Å². The number of para-hydroxylation sites is 2. The van der Waals surface area contributed by atoms with Crippen molar-refractivity contribution >= 4 is 22.7 Å². The molecule has 3 aliphatic rings. The summed E-state index contributed by atoms with van der Waals surface area (Å²) in [5, 5.41) is 11.3. The fourth-order valence-corrected chi connectivity index (χ4v) is 6.69. The number of rotatable bonds is 5. The Labute approximate surface area is 225 Å². The molecule has 2 fully saturated rings. The van der Waals surface area contributed by atoms with Gasteiger partial charge in [0.1, 0.15) is 0 Å². The molecule has 4 aromatic rings. The van der Waals surface area contributed by atoms with Crippen LogP contribution >= 0.6 is 0 Å². The van der Waals surface area contributed by atoms with Gasteiger partial charge in [0.05, 0.1) is 12.2 Å². The Hall–Kier alpha value is -3.64. The molecule has 5 nitrogen and oxygen atoms in total. The molecule has 0 bridgehead atoms. The molecule has 3 N–H and O–H groups in total. The van der Waals surface area contributed by atoms with E-state index in [0.29, 0.717) is 18.0 Å². The summed E-state index contributed by atoms with van der Waals surface area (Å²) in [5.74, 6) is 0.499. The number of nitrogens with one attached hydrogen (secondary N) is 3. The highest BCUT2D eigenvalue weighted by Gasteiger charge is 2.43. The lowest BCUT2D eigenvalue weighted by atomic mass is 9.89. The Morgan fingerprint density at radius 1 is 0.658 bits per heavy atom. The molecule has 4 aromatic carbocycles. The van der Waals surface area contributed by atoms with Crippen molar-refractivity contribution in [1.29, 1.82) is 0 Å². The normalized spacial score (nSPS) is 24.5. The van der Waals surface area contributed by atoms with Crippen LogP contribution < -0.4 is 25.8 Å². The van der Waals surface area contributed by atoms with Crippen molar-refractivity contribution in [1.82, 2.24) is 16.0 Å². The average Bonchev–Trinajstić information content (AvgIpc) is 3.33. The zero-order valence-electron chi connectivity index (χ0n) is 21.6. The lowest BCUT2D eigenvalue weighted by Gasteiger charge is -2.43. The number of anilines is 4. The molecule has 7 rings (SSSR count). The first kappa shape index (κ1) is 23.5. The topological polar surface area (TPSA) is 42.6 Å². The van der Waals surface area contributed by atoms with E-state index in [1.165, 1.54) is 40.3 Å². The van der Waals surface area contributed by atoms with Gasteiger partial charge < -0.3 is 15.1 Å². The first-order valence-corrected chi connectivity index (χ1v) is 13.9. The molecule has 0 radical (unpaired) electrons. The van der Waals surface area contributed by atoms with Crippen LogP contribution in [0, 0.1) is 0 Å². The van der Waals surface area contributed by atoms with Crippen molar-refractivity contribution < 1.29 is 0 Å². The van der Waals surface area contributed by atoms with E-state index >= 15 is 0 Å². The standard InChI is InChI=1S/C33H35N5/c1-4-10-24(11-5-1)33-35-21-28(22-36-33)38-31-17-16-27(20-29(31)30-23-34-19-18-32(30)38)37(25-12-6-2-7-13-25)26-14-8-3-9-15-26/h1-17,20,28,30,32-36H,18-19,21-23H2.